The number of hydrogen-bond acceptors (Lipinski definition) is 3. The monoisotopic (exact) mass is 354 g/mol. The molecular weight excluding hydrogens is 328 g/mol. The Morgan fingerprint density at radius 3 is 2.31 bits per heavy atom. The van der Waals surface area contributed by atoms with Crippen molar-refractivity contribution in [1.82, 2.24) is 10.6 Å². The minimum absolute atomic E-state index is 0.0561. The van der Waals surface area contributed by atoms with Gasteiger partial charge in [0.2, 0.25) is 5.91 Å². The van der Waals surface area contributed by atoms with Crippen LogP contribution < -0.4 is 15.4 Å². The van der Waals surface area contributed by atoms with Crippen molar-refractivity contribution in [2.75, 3.05) is 13.2 Å². The summed E-state index contributed by atoms with van der Waals surface area (Å²) in [4.78, 5) is 24.0. The van der Waals surface area contributed by atoms with Crippen molar-refractivity contribution in [2.24, 2.45) is 0 Å². The maximum atomic E-state index is 12.1. The molecule has 0 saturated heterocycles. The Kier molecular flexibility index (Phi) is 7.68. The highest BCUT2D eigenvalue weighted by Crippen LogP contribution is 2.12. The Morgan fingerprint density at radius 2 is 1.65 bits per heavy atom. The molecule has 26 heavy (non-hydrogen) atoms. The Balaban J connectivity index is 1.73. The number of rotatable bonds is 9. The zero-order chi connectivity index (χ0) is 18.8. The van der Waals surface area contributed by atoms with E-state index in [0.29, 0.717) is 18.7 Å². The third-order valence-corrected chi connectivity index (χ3v) is 3.90. The Bertz CT molecular complexity index is 709. The van der Waals surface area contributed by atoms with Crippen LogP contribution in [0.15, 0.2) is 48.5 Å². The Hall–Kier alpha value is -2.82. The molecule has 5 heteroatoms. The van der Waals surface area contributed by atoms with Gasteiger partial charge in [0.1, 0.15) is 5.75 Å². The predicted molar refractivity (Wildman–Crippen MR) is 102 cm³/mol. The first-order chi connectivity index (χ1) is 12.6. The van der Waals surface area contributed by atoms with Crippen LogP contribution in [0.25, 0.3) is 0 Å². The van der Waals surface area contributed by atoms with Crippen LogP contribution in [0.4, 0.5) is 0 Å². The molecule has 5 nitrogen and oxygen atoms in total. The van der Waals surface area contributed by atoms with E-state index in [1.54, 1.807) is 24.3 Å². The van der Waals surface area contributed by atoms with Crippen molar-refractivity contribution in [2.45, 2.75) is 33.2 Å². The Labute approximate surface area is 154 Å². The van der Waals surface area contributed by atoms with Crippen molar-refractivity contribution < 1.29 is 14.3 Å². The lowest BCUT2D eigenvalue weighted by Crippen LogP contribution is -2.36. The number of aryl methyl sites for hydroxylation is 1. The highest BCUT2D eigenvalue weighted by atomic mass is 16.5. The molecule has 0 aliphatic heterocycles. The lowest BCUT2D eigenvalue weighted by atomic mass is 10.1. The minimum atomic E-state index is -0.282. The fourth-order valence-electron chi connectivity index (χ4n) is 2.27. The first-order valence-corrected chi connectivity index (χ1v) is 8.92. The van der Waals surface area contributed by atoms with Crippen molar-refractivity contribution >= 4 is 11.8 Å². The quantitative estimate of drug-likeness (QED) is 0.680. The number of amides is 2. The van der Waals surface area contributed by atoms with Gasteiger partial charge in [-0.15, -0.1) is 0 Å². The normalized spacial score (nSPS) is 10.2. The van der Waals surface area contributed by atoms with Gasteiger partial charge in [0.05, 0.1) is 13.2 Å². The summed E-state index contributed by atoms with van der Waals surface area (Å²) >= 11 is 0. The number of carbonyl (C=O) groups is 2. The summed E-state index contributed by atoms with van der Waals surface area (Å²) < 4.78 is 5.56. The molecule has 0 spiro atoms. The van der Waals surface area contributed by atoms with Crippen molar-refractivity contribution in [3.63, 3.8) is 0 Å². The van der Waals surface area contributed by atoms with Crippen molar-refractivity contribution in [3.05, 3.63) is 65.2 Å². The summed E-state index contributed by atoms with van der Waals surface area (Å²) in [6, 6.07) is 14.9. The number of ether oxygens (including phenoxy) is 1. The van der Waals surface area contributed by atoms with Gasteiger partial charge in [-0.25, -0.2) is 0 Å². The standard InChI is InChI=1S/C21H26N2O3/c1-3-4-13-26-19-11-9-18(10-12-19)21(25)23-15-20(24)22-14-17-7-5-16(2)6-8-17/h5-12H,3-4,13-15H2,1-2H3,(H,22,24)(H,23,25). The summed E-state index contributed by atoms with van der Waals surface area (Å²) in [5, 5.41) is 5.41. The molecule has 0 aliphatic rings. The van der Waals surface area contributed by atoms with Crippen molar-refractivity contribution in [1.29, 1.82) is 0 Å². The number of benzene rings is 2. The topological polar surface area (TPSA) is 67.4 Å². The molecule has 2 rings (SSSR count). The van der Waals surface area contributed by atoms with E-state index in [1.165, 1.54) is 5.56 Å². The van der Waals surface area contributed by atoms with Gasteiger partial charge >= 0.3 is 0 Å². The second-order valence-electron chi connectivity index (χ2n) is 6.17. The third-order valence-electron chi connectivity index (χ3n) is 3.90. The van der Waals surface area contributed by atoms with Gasteiger partial charge in [0.25, 0.3) is 5.91 Å². The van der Waals surface area contributed by atoms with Gasteiger partial charge in [-0.1, -0.05) is 43.2 Å². The van der Waals surface area contributed by atoms with Crippen LogP contribution in [0.1, 0.15) is 41.3 Å². The van der Waals surface area contributed by atoms with Crippen LogP contribution in [0.2, 0.25) is 0 Å². The van der Waals surface area contributed by atoms with Gasteiger partial charge in [-0.05, 0) is 43.2 Å². The number of hydrogen-bond donors (Lipinski definition) is 2. The van der Waals surface area contributed by atoms with E-state index in [-0.39, 0.29) is 18.4 Å². The van der Waals surface area contributed by atoms with Gasteiger partial charge in [-0.2, -0.15) is 0 Å². The van der Waals surface area contributed by atoms with Crippen molar-refractivity contribution in [3.8, 4) is 5.75 Å². The largest absolute Gasteiger partial charge is 0.494 e. The number of nitrogens with one attached hydrogen (secondary N) is 2. The van der Waals surface area contributed by atoms with E-state index in [2.05, 4.69) is 17.6 Å². The molecule has 2 aromatic carbocycles. The summed E-state index contributed by atoms with van der Waals surface area (Å²) in [7, 11) is 0. The van der Waals surface area contributed by atoms with E-state index in [0.717, 1.165) is 24.2 Å². The highest BCUT2D eigenvalue weighted by molar-refractivity contribution is 5.96. The van der Waals surface area contributed by atoms with Crippen LogP contribution in [0.5, 0.6) is 5.75 Å². The minimum Gasteiger partial charge on any atom is -0.494 e. The SMILES string of the molecule is CCCCOc1ccc(C(=O)NCC(=O)NCc2ccc(C)cc2)cc1. The average molecular weight is 354 g/mol. The molecule has 0 unspecified atom stereocenters. The molecule has 0 saturated carbocycles. The summed E-state index contributed by atoms with van der Waals surface area (Å²) in [6.45, 7) is 5.18. The van der Waals surface area contributed by atoms with Crippen LogP contribution in [-0.4, -0.2) is 25.0 Å². The zero-order valence-corrected chi connectivity index (χ0v) is 15.4. The fraction of sp³-hybridized carbons (Fsp3) is 0.333. The molecular formula is C21H26N2O3. The molecule has 2 N–H and O–H groups in total. The molecule has 0 radical (unpaired) electrons. The summed E-state index contributed by atoms with van der Waals surface area (Å²) in [5.74, 6) is 0.236. The number of carbonyl (C=O) groups excluding carboxylic acids is 2. The molecule has 0 fully saturated rings. The maximum absolute atomic E-state index is 12.1. The predicted octanol–water partition coefficient (Wildman–Crippen LogP) is 3.22. The lowest BCUT2D eigenvalue weighted by molar-refractivity contribution is -0.120. The second kappa shape index (κ2) is 10.2. The van der Waals surface area contributed by atoms with E-state index < -0.39 is 0 Å². The molecule has 138 valence electrons. The smallest absolute Gasteiger partial charge is 0.251 e. The zero-order valence-electron chi connectivity index (χ0n) is 15.4. The maximum Gasteiger partial charge on any atom is 0.251 e. The summed E-state index contributed by atoms with van der Waals surface area (Å²) in [6.07, 6.45) is 2.08. The van der Waals surface area contributed by atoms with E-state index in [4.69, 9.17) is 4.74 Å². The van der Waals surface area contributed by atoms with Crippen LogP contribution >= 0.6 is 0 Å². The van der Waals surface area contributed by atoms with Gasteiger partial charge < -0.3 is 15.4 Å². The molecule has 2 aromatic rings. The summed E-state index contributed by atoms with van der Waals surface area (Å²) in [5.41, 5.74) is 2.70. The lowest BCUT2D eigenvalue weighted by Gasteiger charge is -2.08. The van der Waals surface area contributed by atoms with E-state index >= 15 is 0 Å². The molecule has 0 atom stereocenters. The van der Waals surface area contributed by atoms with E-state index in [1.807, 2.05) is 31.2 Å². The Morgan fingerprint density at radius 1 is 0.962 bits per heavy atom. The van der Waals surface area contributed by atoms with Gasteiger partial charge in [0.15, 0.2) is 0 Å². The molecule has 0 aliphatic carbocycles. The van der Waals surface area contributed by atoms with Crippen LogP contribution in [0, 0.1) is 6.92 Å². The first-order valence-electron chi connectivity index (χ1n) is 8.92. The average Bonchev–Trinajstić information content (AvgIpc) is 2.66. The molecule has 0 aromatic heterocycles. The van der Waals surface area contributed by atoms with Gasteiger partial charge in [-0.3, -0.25) is 9.59 Å². The number of unbranched alkanes of at least 4 members (excludes halogenated alkanes) is 1. The third kappa shape index (κ3) is 6.59. The molecule has 0 bridgehead atoms. The molecule has 0 heterocycles. The first kappa shape index (κ1) is 19.5. The molecule has 2 amide bonds. The van der Waals surface area contributed by atoms with Crippen LogP contribution in [0.3, 0.4) is 0 Å². The fourth-order valence-corrected chi connectivity index (χ4v) is 2.27. The second-order valence-corrected chi connectivity index (χ2v) is 6.17. The van der Waals surface area contributed by atoms with E-state index in [9.17, 15) is 9.59 Å². The van der Waals surface area contributed by atoms with Gasteiger partial charge in [0, 0.05) is 12.1 Å². The van der Waals surface area contributed by atoms with Crippen LogP contribution in [-0.2, 0) is 11.3 Å². The highest BCUT2D eigenvalue weighted by Gasteiger charge is 2.08.